The molecule has 0 atom stereocenters. The Morgan fingerprint density at radius 2 is 1.81 bits per heavy atom. The summed E-state index contributed by atoms with van der Waals surface area (Å²) in [7, 11) is -3.55. The van der Waals surface area contributed by atoms with Gasteiger partial charge in [0.1, 0.15) is 5.75 Å². The first-order valence-electron chi connectivity index (χ1n) is 7.98. The fourth-order valence-electron chi connectivity index (χ4n) is 2.16. The van der Waals surface area contributed by atoms with Gasteiger partial charge in [0.2, 0.25) is 10.0 Å². The van der Waals surface area contributed by atoms with Crippen LogP contribution in [0, 0.1) is 6.92 Å². The molecule has 6 nitrogen and oxygen atoms in total. The Kier molecular flexibility index (Phi) is 6.63. The van der Waals surface area contributed by atoms with Crippen LogP contribution in [-0.4, -0.2) is 27.0 Å². The lowest BCUT2D eigenvalue weighted by atomic mass is 10.2. The van der Waals surface area contributed by atoms with Crippen molar-refractivity contribution >= 4 is 33.2 Å². The number of anilines is 1. The second kappa shape index (κ2) is 8.53. The van der Waals surface area contributed by atoms with Crippen LogP contribution in [0.25, 0.3) is 0 Å². The Morgan fingerprint density at radius 1 is 1.15 bits per heavy atom. The molecule has 0 aliphatic carbocycles. The molecule has 26 heavy (non-hydrogen) atoms. The van der Waals surface area contributed by atoms with Crippen LogP contribution in [-0.2, 0) is 14.8 Å². The Balaban J connectivity index is 1.95. The summed E-state index contributed by atoms with van der Waals surface area (Å²) in [6.07, 6.45) is 0. The van der Waals surface area contributed by atoms with Crippen molar-refractivity contribution in [1.82, 2.24) is 4.72 Å². The number of nitrogens with one attached hydrogen (secondary N) is 2. The molecule has 0 saturated heterocycles. The van der Waals surface area contributed by atoms with E-state index >= 15 is 0 Å². The molecule has 0 aliphatic rings. The first-order chi connectivity index (χ1) is 12.2. The maximum atomic E-state index is 12.1. The molecule has 0 aromatic heterocycles. The van der Waals surface area contributed by atoms with Crippen molar-refractivity contribution in [3.05, 3.63) is 53.1 Å². The van der Waals surface area contributed by atoms with Crippen LogP contribution in [0.4, 0.5) is 5.69 Å². The molecule has 2 aromatic carbocycles. The number of hydrogen-bond acceptors (Lipinski definition) is 4. The van der Waals surface area contributed by atoms with Gasteiger partial charge in [-0.1, -0.05) is 17.7 Å². The Bertz CT molecular complexity index is 881. The van der Waals surface area contributed by atoms with Gasteiger partial charge in [-0.05, 0) is 62.7 Å². The zero-order valence-corrected chi connectivity index (χ0v) is 16.3. The van der Waals surface area contributed by atoms with Crippen molar-refractivity contribution in [2.24, 2.45) is 0 Å². The number of aryl methyl sites for hydroxylation is 1. The Morgan fingerprint density at radius 3 is 2.42 bits per heavy atom. The van der Waals surface area contributed by atoms with Crippen molar-refractivity contribution in [2.45, 2.75) is 31.7 Å². The number of hydrogen-bond donors (Lipinski definition) is 2. The minimum Gasteiger partial charge on any atom is -0.484 e. The minimum atomic E-state index is -3.55. The lowest BCUT2D eigenvalue weighted by Crippen LogP contribution is -2.30. The van der Waals surface area contributed by atoms with Gasteiger partial charge in [-0.2, -0.15) is 0 Å². The van der Waals surface area contributed by atoms with Crippen LogP contribution in [0.15, 0.2) is 47.4 Å². The third-order valence-electron chi connectivity index (χ3n) is 3.37. The molecule has 1 amide bonds. The topological polar surface area (TPSA) is 84.5 Å². The maximum absolute atomic E-state index is 12.1. The number of ether oxygens (including phenoxy) is 1. The summed E-state index contributed by atoms with van der Waals surface area (Å²) < 4.78 is 32.0. The van der Waals surface area contributed by atoms with E-state index in [4.69, 9.17) is 16.3 Å². The molecule has 0 radical (unpaired) electrons. The normalized spacial score (nSPS) is 11.4. The third kappa shape index (κ3) is 5.72. The number of amides is 1. The maximum Gasteiger partial charge on any atom is 0.262 e. The molecule has 0 unspecified atom stereocenters. The van der Waals surface area contributed by atoms with E-state index in [-0.39, 0.29) is 23.5 Å². The van der Waals surface area contributed by atoms with Gasteiger partial charge in [0, 0.05) is 16.8 Å². The SMILES string of the molecule is Cc1ccc(Cl)cc1NC(=O)COc1ccc(S(=O)(=O)NC(C)C)cc1. The Labute approximate surface area is 158 Å². The second-order valence-electron chi connectivity index (χ2n) is 6.04. The minimum absolute atomic E-state index is 0.137. The summed E-state index contributed by atoms with van der Waals surface area (Å²) in [5.41, 5.74) is 1.50. The molecule has 2 aromatic rings. The summed E-state index contributed by atoms with van der Waals surface area (Å²) in [5.74, 6) is 0.0556. The monoisotopic (exact) mass is 396 g/mol. The molecule has 0 fully saturated rings. The van der Waals surface area contributed by atoms with Gasteiger partial charge in [-0.3, -0.25) is 4.79 Å². The molecular weight excluding hydrogens is 376 g/mol. The summed E-state index contributed by atoms with van der Waals surface area (Å²) >= 11 is 5.92. The van der Waals surface area contributed by atoms with Gasteiger partial charge >= 0.3 is 0 Å². The molecule has 0 heterocycles. The predicted octanol–water partition coefficient (Wildman–Crippen LogP) is 3.35. The summed E-state index contributed by atoms with van der Waals surface area (Å²) in [4.78, 5) is 12.1. The number of rotatable bonds is 7. The summed E-state index contributed by atoms with van der Waals surface area (Å²) in [6, 6.07) is 10.9. The molecule has 140 valence electrons. The van der Waals surface area contributed by atoms with E-state index in [9.17, 15) is 13.2 Å². The molecule has 2 rings (SSSR count). The predicted molar refractivity (Wildman–Crippen MR) is 102 cm³/mol. The zero-order chi connectivity index (χ0) is 19.3. The zero-order valence-electron chi connectivity index (χ0n) is 14.7. The fourth-order valence-corrected chi connectivity index (χ4v) is 3.58. The first-order valence-corrected chi connectivity index (χ1v) is 9.84. The Hall–Kier alpha value is -2.09. The van der Waals surface area contributed by atoms with Gasteiger partial charge in [0.15, 0.2) is 6.61 Å². The van der Waals surface area contributed by atoms with Crippen LogP contribution < -0.4 is 14.8 Å². The highest BCUT2D eigenvalue weighted by Gasteiger charge is 2.15. The van der Waals surface area contributed by atoms with Crippen molar-refractivity contribution in [2.75, 3.05) is 11.9 Å². The van der Waals surface area contributed by atoms with E-state index in [1.54, 1.807) is 26.0 Å². The van der Waals surface area contributed by atoms with Crippen LogP contribution in [0.5, 0.6) is 5.75 Å². The lowest BCUT2D eigenvalue weighted by molar-refractivity contribution is -0.118. The molecule has 0 bridgehead atoms. The smallest absolute Gasteiger partial charge is 0.262 e. The van der Waals surface area contributed by atoms with E-state index in [0.29, 0.717) is 16.5 Å². The summed E-state index contributed by atoms with van der Waals surface area (Å²) in [5, 5.41) is 3.25. The second-order valence-corrected chi connectivity index (χ2v) is 8.19. The van der Waals surface area contributed by atoms with Crippen LogP contribution in [0.2, 0.25) is 5.02 Å². The van der Waals surface area contributed by atoms with Gasteiger partial charge in [0.25, 0.3) is 5.91 Å². The van der Waals surface area contributed by atoms with Gasteiger partial charge < -0.3 is 10.1 Å². The van der Waals surface area contributed by atoms with Crippen molar-refractivity contribution in [3.8, 4) is 5.75 Å². The highest BCUT2D eigenvalue weighted by Crippen LogP contribution is 2.20. The highest BCUT2D eigenvalue weighted by atomic mass is 35.5. The molecule has 0 aliphatic heterocycles. The largest absolute Gasteiger partial charge is 0.484 e. The van der Waals surface area contributed by atoms with E-state index in [0.717, 1.165) is 5.56 Å². The van der Waals surface area contributed by atoms with Crippen molar-refractivity contribution in [1.29, 1.82) is 0 Å². The molecule has 0 spiro atoms. The van der Waals surface area contributed by atoms with Crippen molar-refractivity contribution < 1.29 is 17.9 Å². The van der Waals surface area contributed by atoms with E-state index in [1.165, 1.54) is 24.3 Å². The van der Waals surface area contributed by atoms with Crippen LogP contribution >= 0.6 is 11.6 Å². The standard InChI is InChI=1S/C18H21ClN2O4S/c1-12(2)21-26(23,24)16-8-6-15(7-9-16)25-11-18(22)20-17-10-14(19)5-4-13(17)3/h4-10,12,21H,11H2,1-3H3,(H,20,22). The van der Waals surface area contributed by atoms with Crippen molar-refractivity contribution in [3.63, 3.8) is 0 Å². The van der Waals surface area contributed by atoms with E-state index < -0.39 is 10.0 Å². The average Bonchev–Trinajstić information content (AvgIpc) is 2.55. The molecular formula is C18H21ClN2O4S. The summed E-state index contributed by atoms with van der Waals surface area (Å²) in [6.45, 7) is 5.14. The fraction of sp³-hybridized carbons (Fsp3) is 0.278. The van der Waals surface area contributed by atoms with E-state index in [2.05, 4.69) is 10.0 Å². The lowest BCUT2D eigenvalue weighted by Gasteiger charge is -2.11. The van der Waals surface area contributed by atoms with Gasteiger partial charge in [-0.25, -0.2) is 13.1 Å². The van der Waals surface area contributed by atoms with Crippen LogP contribution in [0.3, 0.4) is 0 Å². The van der Waals surface area contributed by atoms with Crippen LogP contribution in [0.1, 0.15) is 19.4 Å². The molecule has 2 N–H and O–H groups in total. The first kappa shape index (κ1) is 20.2. The number of carbonyl (C=O) groups is 1. The highest BCUT2D eigenvalue weighted by molar-refractivity contribution is 7.89. The number of sulfonamides is 1. The molecule has 8 heteroatoms. The van der Waals surface area contributed by atoms with E-state index in [1.807, 2.05) is 13.0 Å². The van der Waals surface area contributed by atoms with Gasteiger partial charge in [-0.15, -0.1) is 0 Å². The van der Waals surface area contributed by atoms with Gasteiger partial charge in [0.05, 0.1) is 4.90 Å². The number of halogens is 1. The third-order valence-corrected chi connectivity index (χ3v) is 5.28. The number of benzene rings is 2. The quantitative estimate of drug-likeness (QED) is 0.751. The number of carbonyl (C=O) groups excluding carboxylic acids is 1. The average molecular weight is 397 g/mol. The molecule has 0 saturated carbocycles.